The van der Waals surface area contributed by atoms with Crippen LogP contribution in [0.5, 0.6) is 0 Å². The first kappa shape index (κ1) is 13.3. The lowest BCUT2D eigenvalue weighted by molar-refractivity contribution is 0.0944. The van der Waals surface area contributed by atoms with Gasteiger partial charge in [-0.15, -0.1) is 0 Å². The molecule has 3 heteroatoms. The second kappa shape index (κ2) is 5.70. The van der Waals surface area contributed by atoms with Crippen LogP contribution in [0.15, 0.2) is 18.2 Å². The van der Waals surface area contributed by atoms with Crippen LogP contribution in [0, 0.1) is 18.2 Å². The third-order valence-corrected chi connectivity index (χ3v) is 4.17. The molecule has 1 aliphatic carbocycles. The first-order valence-electron chi connectivity index (χ1n) is 6.77. The summed E-state index contributed by atoms with van der Waals surface area (Å²) in [5, 5.41) is 12.9. The zero-order chi connectivity index (χ0) is 13.0. The summed E-state index contributed by atoms with van der Waals surface area (Å²) in [7, 11) is 0. The van der Waals surface area contributed by atoms with Crippen molar-refractivity contribution in [2.45, 2.75) is 39.0 Å². The highest BCUT2D eigenvalue weighted by Gasteiger charge is 2.31. The van der Waals surface area contributed by atoms with Gasteiger partial charge in [0.05, 0.1) is 6.61 Å². The third-order valence-electron chi connectivity index (χ3n) is 4.17. The lowest BCUT2D eigenvalue weighted by Gasteiger charge is -2.36. The Labute approximate surface area is 108 Å². The fourth-order valence-electron chi connectivity index (χ4n) is 2.77. The van der Waals surface area contributed by atoms with Crippen molar-refractivity contribution in [2.24, 2.45) is 5.41 Å². The molecule has 0 aromatic heterocycles. The molecule has 0 aliphatic heterocycles. The summed E-state index contributed by atoms with van der Waals surface area (Å²) < 4.78 is 13.4. The van der Waals surface area contributed by atoms with Gasteiger partial charge in [-0.3, -0.25) is 0 Å². The molecule has 2 N–H and O–H groups in total. The van der Waals surface area contributed by atoms with E-state index in [2.05, 4.69) is 5.32 Å². The molecule has 1 aromatic carbocycles. The first-order valence-corrected chi connectivity index (χ1v) is 6.77. The smallest absolute Gasteiger partial charge is 0.128 e. The summed E-state index contributed by atoms with van der Waals surface area (Å²) in [6.45, 7) is 2.73. The van der Waals surface area contributed by atoms with Crippen LogP contribution in [0.2, 0.25) is 0 Å². The standard InChI is InChI=1S/C15H22FNO/c1-12-13(16)6-5-7-14(12)17-10-15(11-18)8-3-2-4-9-15/h5-7,17-18H,2-4,8-11H2,1H3. The summed E-state index contributed by atoms with van der Waals surface area (Å²) in [6.07, 6.45) is 5.76. The zero-order valence-electron chi connectivity index (χ0n) is 11.0. The van der Waals surface area contributed by atoms with Gasteiger partial charge < -0.3 is 10.4 Å². The largest absolute Gasteiger partial charge is 0.396 e. The lowest BCUT2D eigenvalue weighted by atomic mass is 9.74. The summed E-state index contributed by atoms with van der Waals surface area (Å²) in [4.78, 5) is 0. The van der Waals surface area contributed by atoms with E-state index in [4.69, 9.17) is 0 Å². The molecule has 2 rings (SSSR count). The van der Waals surface area contributed by atoms with Gasteiger partial charge in [0.15, 0.2) is 0 Å². The van der Waals surface area contributed by atoms with Crippen molar-refractivity contribution in [1.82, 2.24) is 0 Å². The molecule has 1 fully saturated rings. The van der Waals surface area contributed by atoms with Gasteiger partial charge in [0.2, 0.25) is 0 Å². The topological polar surface area (TPSA) is 32.3 Å². The van der Waals surface area contributed by atoms with Crippen LogP contribution in [-0.2, 0) is 0 Å². The van der Waals surface area contributed by atoms with Crippen molar-refractivity contribution in [2.75, 3.05) is 18.5 Å². The van der Waals surface area contributed by atoms with Gasteiger partial charge in [-0.05, 0) is 31.9 Å². The molecule has 18 heavy (non-hydrogen) atoms. The minimum atomic E-state index is -0.179. The Morgan fingerprint density at radius 3 is 2.67 bits per heavy atom. The van der Waals surface area contributed by atoms with Crippen LogP contribution >= 0.6 is 0 Å². The molecule has 0 radical (unpaired) electrons. The molecule has 0 atom stereocenters. The summed E-state index contributed by atoms with van der Waals surface area (Å²) >= 11 is 0. The van der Waals surface area contributed by atoms with E-state index < -0.39 is 0 Å². The molecule has 0 spiro atoms. The molecule has 1 aliphatic rings. The highest BCUT2D eigenvalue weighted by molar-refractivity contribution is 5.51. The summed E-state index contributed by atoms with van der Waals surface area (Å²) in [6, 6.07) is 5.09. The Hall–Kier alpha value is -1.09. The number of hydrogen-bond acceptors (Lipinski definition) is 2. The van der Waals surface area contributed by atoms with Gasteiger partial charge in [-0.2, -0.15) is 0 Å². The quantitative estimate of drug-likeness (QED) is 0.858. The van der Waals surface area contributed by atoms with E-state index in [9.17, 15) is 9.50 Å². The monoisotopic (exact) mass is 251 g/mol. The molecule has 100 valence electrons. The molecule has 1 saturated carbocycles. The van der Waals surface area contributed by atoms with Crippen LogP contribution in [0.3, 0.4) is 0 Å². The maximum atomic E-state index is 13.4. The number of aliphatic hydroxyl groups is 1. The number of benzene rings is 1. The molecule has 0 heterocycles. The van der Waals surface area contributed by atoms with Crippen molar-refractivity contribution in [3.8, 4) is 0 Å². The Bertz CT molecular complexity index is 399. The van der Waals surface area contributed by atoms with Crippen LogP contribution in [0.4, 0.5) is 10.1 Å². The van der Waals surface area contributed by atoms with Gasteiger partial charge >= 0.3 is 0 Å². The molecular formula is C15H22FNO. The summed E-state index contributed by atoms with van der Waals surface area (Å²) in [5.41, 5.74) is 1.48. The average Bonchev–Trinajstić information content (AvgIpc) is 2.41. The number of hydrogen-bond donors (Lipinski definition) is 2. The summed E-state index contributed by atoms with van der Waals surface area (Å²) in [5.74, 6) is -0.179. The Morgan fingerprint density at radius 2 is 2.00 bits per heavy atom. The third kappa shape index (κ3) is 2.83. The van der Waals surface area contributed by atoms with Crippen molar-refractivity contribution < 1.29 is 9.50 Å². The van der Waals surface area contributed by atoms with E-state index >= 15 is 0 Å². The van der Waals surface area contributed by atoms with Crippen LogP contribution in [0.25, 0.3) is 0 Å². The van der Waals surface area contributed by atoms with E-state index in [-0.39, 0.29) is 17.8 Å². The van der Waals surface area contributed by atoms with Gasteiger partial charge in [0.1, 0.15) is 5.82 Å². The molecule has 0 amide bonds. The van der Waals surface area contributed by atoms with Gasteiger partial charge in [-0.1, -0.05) is 25.3 Å². The van der Waals surface area contributed by atoms with Gasteiger partial charge in [0.25, 0.3) is 0 Å². The van der Waals surface area contributed by atoms with Crippen molar-refractivity contribution >= 4 is 5.69 Å². The second-order valence-corrected chi connectivity index (χ2v) is 5.48. The Balaban J connectivity index is 2.03. The molecule has 0 saturated heterocycles. The maximum absolute atomic E-state index is 13.4. The number of nitrogens with one attached hydrogen (secondary N) is 1. The van der Waals surface area contributed by atoms with Crippen molar-refractivity contribution in [3.63, 3.8) is 0 Å². The van der Waals surface area contributed by atoms with Crippen LogP contribution < -0.4 is 5.32 Å². The number of anilines is 1. The first-order chi connectivity index (χ1) is 8.67. The van der Waals surface area contributed by atoms with E-state index in [1.165, 1.54) is 25.3 Å². The zero-order valence-corrected chi connectivity index (χ0v) is 11.0. The Morgan fingerprint density at radius 1 is 1.28 bits per heavy atom. The highest BCUT2D eigenvalue weighted by atomic mass is 19.1. The fourth-order valence-corrected chi connectivity index (χ4v) is 2.77. The molecule has 0 unspecified atom stereocenters. The highest BCUT2D eigenvalue weighted by Crippen LogP contribution is 2.36. The predicted octanol–water partition coefficient (Wildman–Crippen LogP) is 3.49. The van der Waals surface area contributed by atoms with E-state index in [1.807, 2.05) is 6.07 Å². The number of aliphatic hydroxyl groups excluding tert-OH is 1. The predicted molar refractivity (Wildman–Crippen MR) is 72.2 cm³/mol. The van der Waals surface area contributed by atoms with E-state index in [0.717, 1.165) is 25.1 Å². The normalized spacial score (nSPS) is 18.6. The average molecular weight is 251 g/mol. The lowest BCUT2D eigenvalue weighted by Crippen LogP contribution is -2.35. The molecular weight excluding hydrogens is 229 g/mol. The SMILES string of the molecule is Cc1c(F)cccc1NCC1(CO)CCCCC1. The van der Waals surface area contributed by atoms with Crippen LogP contribution in [0.1, 0.15) is 37.7 Å². The minimum absolute atomic E-state index is 0.0169. The minimum Gasteiger partial charge on any atom is -0.396 e. The number of halogens is 1. The van der Waals surface area contributed by atoms with E-state index in [0.29, 0.717) is 5.56 Å². The molecule has 2 nitrogen and oxygen atoms in total. The fraction of sp³-hybridized carbons (Fsp3) is 0.600. The maximum Gasteiger partial charge on any atom is 0.128 e. The second-order valence-electron chi connectivity index (χ2n) is 5.48. The van der Waals surface area contributed by atoms with Gasteiger partial charge in [0, 0.05) is 23.2 Å². The molecule has 1 aromatic rings. The van der Waals surface area contributed by atoms with Crippen molar-refractivity contribution in [3.05, 3.63) is 29.6 Å². The number of rotatable bonds is 4. The van der Waals surface area contributed by atoms with E-state index in [1.54, 1.807) is 13.0 Å². The van der Waals surface area contributed by atoms with Crippen molar-refractivity contribution in [1.29, 1.82) is 0 Å². The van der Waals surface area contributed by atoms with Gasteiger partial charge in [-0.25, -0.2) is 4.39 Å². The molecule has 0 bridgehead atoms. The Kier molecular flexibility index (Phi) is 4.23. The van der Waals surface area contributed by atoms with Crippen LogP contribution in [-0.4, -0.2) is 18.3 Å².